The minimum absolute atomic E-state index is 0.269. The SMILES string of the molecule is COCCCC(NC(=O)COc1cccc(Cl)c1)C(=O)O. The molecule has 0 radical (unpaired) electrons. The second-order valence-electron chi connectivity index (χ2n) is 4.34. The van der Waals surface area contributed by atoms with Crippen LogP contribution in [0.4, 0.5) is 0 Å². The number of halogens is 1. The van der Waals surface area contributed by atoms with E-state index in [0.29, 0.717) is 30.2 Å². The second kappa shape index (κ2) is 9.20. The number of amides is 1. The van der Waals surface area contributed by atoms with Crippen molar-refractivity contribution in [1.82, 2.24) is 5.32 Å². The first-order valence-corrected chi connectivity index (χ1v) is 6.80. The molecule has 7 heteroatoms. The molecule has 1 rings (SSSR count). The Morgan fingerprint density at radius 3 is 2.81 bits per heavy atom. The van der Waals surface area contributed by atoms with Gasteiger partial charge < -0.3 is 19.9 Å². The number of carboxylic acid groups (broad SMARTS) is 1. The molecule has 1 atom stereocenters. The summed E-state index contributed by atoms with van der Waals surface area (Å²) in [5, 5.41) is 11.9. The zero-order chi connectivity index (χ0) is 15.7. The molecule has 0 saturated heterocycles. The van der Waals surface area contributed by atoms with Crippen molar-refractivity contribution in [3.05, 3.63) is 29.3 Å². The van der Waals surface area contributed by atoms with Crippen LogP contribution >= 0.6 is 11.6 Å². The third-order valence-electron chi connectivity index (χ3n) is 2.64. The standard InChI is InChI=1S/C14H18ClNO5/c1-20-7-3-6-12(14(18)19)16-13(17)9-21-11-5-2-4-10(15)8-11/h2,4-5,8,12H,3,6-7,9H2,1H3,(H,16,17)(H,18,19). The van der Waals surface area contributed by atoms with Crippen molar-refractivity contribution in [1.29, 1.82) is 0 Å². The van der Waals surface area contributed by atoms with E-state index in [1.807, 2.05) is 0 Å². The van der Waals surface area contributed by atoms with E-state index in [-0.39, 0.29) is 6.61 Å². The summed E-state index contributed by atoms with van der Waals surface area (Å²) in [6.07, 6.45) is 0.842. The molecule has 6 nitrogen and oxygen atoms in total. The highest BCUT2D eigenvalue weighted by molar-refractivity contribution is 6.30. The van der Waals surface area contributed by atoms with Gasteiger partial charge in [-0.2, -0.15) is 0 Å². The maximum Gasteiger partial charge on any atom is 0.326 e. The Bertz CT molecular complexity index is 480. The van der Waals surface area contributed by atoms with Crippen LogP contribution < -0.4 is 10.1 Å². The van der Waals surface area contributed by atoms with Gasteiger partial charge in [0.15, 0.2) is 6.61 Å². The van der Waals surface area contributed by atoms with E-state index in [2.05, 4.69) is 5.32 Å². The number of hydrogen-bond donors (Lipinski definition) is 2. The summed E-state index contributed by atoms with van der Waals surface area (Å²) >= 11 is 5.79. The summed E-state index contributed by atoms with van der Waals surface area (Å²) in [4.78, 5) is 22.7. The van der Waals surface area contributed by atoms with Crippen LogP contribution in [0.5, 0.6) is 5.75 Å². The van der Waals surface area contributed by atoms with Crippen LogP contribution in [0, 0.1) is 0 Å². The fraction of sp³-hybridized carbons (Fsp3) is 0.429. The summed E-state index contributed by atoms with van der Waals surface area (Å²) in [5.41, 5.74) is 0. The molecule has 2 N–H and O–H groups in total. The van der Waals surface area contributed by atoms with E-state index in [4.69, 9.17) is 26.2 Å². The third-order valence-corrected chi connectivity index (χ3v) is 2.88. The number of rotatable bonds is 9. The van der Waals surface area contributed by atoms with Gasteiger partial charge in [0.1, 0.15) is 11.8 Å². The normalized spacial score (nSPS) is 11.7. The number of nitrogens with one attached hydrogen (secondary N) is 1. The van der Waals surface area contributed by atoms with Gasteiger partial charge in [-0.1, -0.05) is 17.7 Å². The van der Waals surface area contributed by atoms with Gasteiger partial charge in [-0.25, -0.2) is 4.79 Å². The van der Waals surface area contributed by atoms with Crippen molar-refractivity contribution < 1.29 is 24.2 Å². The van der Waals surface area contributed by atoms with E-state index >= 15 is 0 Å². The molecule has 0 aromatic heterocycles. The van der Waals surface area contributed by atoms with Crippen LogP contribution in [0.3, 0.4) is 0 Å². The van der Waals surface area contributed by atoms with Crippen LogP contribution in [0.2, 0.25) is 5.02 Å². The Labute approximate surface area is 128 Å². The van der Waals surface area contributed by atoms with Crippen molar-refractivity contribution in [3.8, 4) is 5.75 Å². The van der Waals surface area contributed by atoms with Gasteiger partial charge in [0.05, 0.1) is 0 Å². The highest BCUT2D eigenvalue weighted by Crippen LogP contribution is 2.16. The van der Waals surface area contributed by atoms with Crippen LogP contribution in [-0.4, -0.2) is 43.3 Å². The minimum Gasteiger partial charge on any atom is -0.484 e. The summed E-state index contributed by atoms with van der Waals surface area (Å²) in [6, 6.07) is 5.66. The molecule has 116 valence electrons. The van der Waals surface area contributed by atoms with E-state index in [1.54, 1.807) is 24.3 Å². The summed E-state index contributed by atoms with van der Waals surface area (Å²) in [7, 11) is 1.53. The number of carboxylic acids is 1. The van der Waals surface area contributed by atoms with Crippen molar-refractivity contribution in [3.63, 3.8) is 0 Å². The lowest BCUT2D eigenvalue weighted by atomic mass is 10.1. The van der Waals surface area contributed by atoms with Crippen molar-refractivity contribution in [2.75, 3.05) is 20.3 Å². The van der Waals surface area contributed by atoms with Crippen LogP contribution in [-0.2, 0) is 14.3 Å². The number of ether oxygens (including phenoxy) is 2. The Morgan fingerprint density at radius 1 is 1.43 bits per heavy atom. The van der Waals surface area contributed by atoms with Gasteiger partial charge in [-0.3, -0.25) is 4.79 Å². The molecule has 1 aromatic rings. The molecule has 0 saturated carbocycles. The number of hydrogen-bond acceptors (Lipinski definition) is 4. The lowest BCUT2D eigenvalue weighted by Crippen LogP contribution is -2.43. The summed E-state index contributed by atoms with van der Waals surface area (Å²) in [6.45, 7) is 0.174. The summed E-state index contributed by atoms with van der Waals surface area (Å²) in [5.74, 6) is -1.13. The number of benzene rings is 1. The fourth-order valence-corrected chi connectivity index (χ4v) is 1.81. The molecular weight excluding hydrogens is 298 g/mol. The molecule has 0 bridgehead atoms. The lowest BCUT2D eigenvalue weighted by molar-refractivity contribution is -0.142. The highest BCUT2D eigenvalue weighted by atomic mass is 35.5. The van der Waals surface area contributed by atoms with Crippen molar-refractivity contribution in [2.45, 2.75) is 18.9 Å². The molecule has 1 amide bonds. The molecular formula is C14H18ClNO5. The molecule has 1 aromatic carbocycles. The van der Waals surface area contributed by atoms with Gasteiger partial charge in [0, 0.05) is 18.7 Å². The molecule has 0 spiro atoms. The first-order valence-electron chi connectivity index (χ1n) is 6.42. The topological polar surface area (TPSA) is 84.9 Å². The number of aliphatic carboxylic acids is 1. The first kappa shape index (κ1) is 17.3. The van der Waals surface area contributed by atoms with Crippen LogP contribution in [0.15, 0.2) is 24.3 Å². The number of methoxy groups -OCH3 is 1. The molecule has 0 aliphatic rings. The van der Waals surface area contributed by atoms with Gasteiger partial charge >= 0.3 is 5.97 Å². The first-order chi connectivity index (χ1) is 10.0. The second-order valence-corrected chi connectivity index (χ2v) is 4.78. The van der Waals surface area contributed by atoms with E-state index in [1.165, 1.54) is 7.11 Å². The predicted molar refractivity (Wildman–Crippen MR) is 77.6 cm³/mol. The third kappa shape index (κ3) is 6.97. The minimum atomic E-state index is -1.08. The van der Waals surface area contributed by atoms with Crippen molar-refractivity contribution >= 4 is 23.5 Å². The molecule has 0 fully saturated rings. The number of carbonyl (C=O) groups is 2. The highest BCUT2D eigenvalue weighted by Gasteiger charge is 2.19. The van der Waals surface area contributed by atoms with Crippen LogP contribution in [0.1, 0.15) is 12.8 Å². The predicted octanol–water partition coefficient (Wildman–Crippen LogP) is 1.71. The molecule has 21 heavy (non-hydrogen) atoms. The fourth-order valence-electron chi connectivity index (χ4n) is 1.63. The largest absolute Gasteiger partial charge is 0.484 e. The van der Waals surface area contributed by atoms with Gasteiger partial charge in [0.2, 0.25) is 0 Å². The van der Waals surface area contributed by atoms with E-state index in [0.717, 1.165) is 0 Å². The monoisotopic (exact) mass is 315 g/mol. The zero-order valence-electron chi connectivity index (χ0n) is 11.7. The number of carbonyl (C=O) groups excluding carboxylic acids is 1. The summed E-state index contributed by atoms with van der Waals surface area (Å²) < 4.78 is 10.1. The lowest BCUT2D eigenvalue weighted by Gasteiger charge is -2.14. The molecule has 0 heterocycles. The van der Waals surface area contributed by atoms with E-state index in [9.17, 15) is 9.59 Å². The smallest absolute Gasteiger partial charge is 0.326 e. The van der Waals surface area contributed by atoms with E-state index < -0.39 is 17.9 Å². The van der Waals surface area contributed by atoms with Crippen LogP contribution in [0.25, 0.3) is 0 Å². The Morgan fingerprint density at radius 2 is 2.19 bits per heavy atom. The molecule has 0 aliphatic carbocycles. The Kier molecular flexibility index (Phi) is 7.56. The maximum atomic E-state index is 11.7. The average Bonchev–Trinajstić information content (AvgIpc) is 2.44. The average molecular weight is 316 g/mol. The van der Waals surface area contributed by atoms with Gasteiger partial charge in [0.25, 0.3) is 5.91 Å². The maximum absolute atomic E-state index is 11.7. The Balaban J connectivity index is 2.41. The zero-order valence-corrected chi connectivity index (χ0v) is 12.4. The van der Waals surface area contributed by atoms with Gasteiger partial charge in [-0.15, -0.1) is 0 Å². The van der Waals surface area contributed by atoms with Gasteiger partial charge in [-0.05, 0) is 31.0 Å². The Hall–Kier alpha value is -1.79. The molecule has 0 aliphatic heterocycles. The molecule has 1 unspecified atom stereocenters. The quantitative estimate of drug-likeness (QED) is 0.678. The van der Waals surface area contributed by atoms with Crippen molar-refractivity contribution in [2.24, 2.45) is 0 Å².